The van der Waals surface area contributed by atoms with Gasteiger partial charge in [-0.05, 0) is 42.5 Å². The molecule has 0 spiro atoms. The van der Waals surface area contributed by atoms with E-state index >= 15 is 0 Å². The van der Waals surface area contributed by atoms with E-state index in [1.807, 2.05) is 48.5 Å². The van der Waals surface area contributed by atoms with Gasteiger partial charge in [-0.1, -0.05) is 62.9 Å². The van der Waals surface area contributed by atoms with Crippen LogP contribution in [0.4, 0.5) is 5.69 Å². The highest BCUT2D eigenvalue weighted by molar-refractivity contribution is 7.99. The van der Waals surface area contributed by atoms with Crippen molar-refractivity contribution < 1.29 is 9.21 Å². The molecule has 0 fully saturated rings. The number of carbonyl (C=O) groups is 1. The number of hydrogen-bond donors (Lipinski definition) is 1. The number of para-hydroxylation sites is 2. The van der Waals surface area contributed by atoms with Crippen molar-refractivity contribution >= 4 is 45.4 Å². The Morgan fingerprint density at radius 3 is 2.69 bits per heavy atom. The van der Waals surface area contributed by atoms with Crippen LogP contribution in [-0.4, -0.2) is 21.2 Å². The maximum Gasteiger partial charge on any atom is 0.297 e. The molecule has 166 valence electrons. The summed E-state index contributed by atoms with van der Waals surface area (Å²) in [6.07, 6.45) is 1.67. The summed E-state index contributed by atoms with van der Waals surface area (Å²) in [6, 6.07) is 15.3. The van der Waals surface area contributed by atoms with Crippen LogP contribution >= 0.6 is 11.8 Å². The fourth-order valence-corrected chi connectivity index (χ4v) is 4.43. The molecule has 0 unspecified atom stereocenters. The van der Waals surface area contributed by atoms with Gasteiger partial charge in [0.2, 0.25) is 11.5 Å². The Morgan fingerprint density at radius 1 is 1.16 bits per heavy atom. The Bertz CT molecular complexity index is 1320. The number of amides is 1. The first-order valence-corrected chi connectivity index (χ1v) is 11.9. The Kier molecular flexibility index (Phi) is 6.65. The van der Waals surface area contributed by atoms with E-state index in [0.717, 1.165) is 29.5 Å². The summed E-state index contributed by atoms with van der Waals surface area (Å²) in [5.41, 5.74) is 3.15. The highest BCUT2D eigenvalue weighted by atomic mass is 32.2. The predicted octanol–water partition coefficient (Wildman–Crippen LogP) is 5.48. The number of nitrogens with zero attached hydrogens (tertiary/aromatic N) is 2. The minimum Gasteiger partial charge on any atom is -0.448 e. The first kappa shape index (κ1) is 22.1. The highest BCUT2D eigenvalue weighted by Gasteiger charge is 2.19. The lowest BCUT2D eigenvalue weighted by Gasteiger charge is -2.13. The zero-order chi connectivity index (χ0) is 22.7. The molecule has 0 saturated heterocycles. The second-order valence-corrected chi connectivity index (χ2v) is 9.10. The first-order chi connectivity index (χ1) is 15.5. The molecule has 0 bridgehead atoms. The first-order valence-electron chi connectivity index (χ1n) is 10.9. The second-order valence-electron chi connectivity index (χ2n) is 8.16. The molecule has 0 radical (unpaired) electrons. The van der Waals surface area contributed by atoms with Gasteiger partial charge in [0, 0.05) is 17.6 Å². The van der Waals surface area contributed by atoms with E-state index in [1.165, 1.54) is 11.8 Å². The number of fused-ring (bicyclic) bond motifs is 3. The quantitative estimate of drug-likeness (QED) is 0.285. The van der Waals surface area contributed by atoms with Crippen LogP contribution in [0, 0.1) is 5.92 Å². The van der Waals surface area contributed by atoms with Crippen molar-refractivity contribution in [3.05, 3.63) is 64.4 Å². The van der Waals surface area contributed by atoms with Crippen LogP contribution in [0.3, 0.4) is 0 Å². The lowest BCUT2D eigenvalue weighted by atomic mass is 10.1. The van der Waals surface area contributed by atoms with Gasteiger partial charge in [0.25, 0.3) is 5.56 Å². The molecule has 1 N–H and O–H groups in total. The number of furan rings is 1. The van der Waals surface area contributed by atoms with E-state index < -0.39 is 0 Å². The van der Waals surface area contributed by atoms with Crippen LogP contribution in [0.1, 0.15) is 32.8 Å². The van der Waals surface area contributed by atoms with Crippen LogP contribution in [0.25, 0.3) is 22.1 Å². The van der Waals surface area contributed by atoms with E-state index in [4.69, 9.17) is 9.40 Å². The van der Waals surface area contributed by atoms with Gasteiger partial charge >= 0.3 is 0 Å². The van der Waals surface area contributed by atoms with Crippen LogP contribution in [-0.2, 0) is 17.8 Å². The van der Waals surface area contributed by atoms with Gasteiger partial charge in [0.05, 0.1) is 5.75 Å². The number of hydrogen-bond acceptors (Lipinski definition) is 5. The third-order valence-electron chi connectivity index (χ3n) is 5.38. The maximum atomic E-state index is 13.3. The third kappa shape index (κ3) is 4.58. The van der Waals surface area contributed by atoms with E-state index in [2.05, 4.69) is 26.1 Å². The van der Waals surface area contributed by atoms with Gasteiger partial charge < -0.3 is 9.73 Å². The molecule has 2 aromatic heterocycles. The SMILES string of the molecule is CCc1ccccc1NC(=O)CSc1nc2c(oc3ccccc32)c(=O)n1CCC(C)C. The van der Waals surface area contributed by atoms with Gasteiger partial charge in [-0.3, -0.25) is 14.2 Å². The van der Waals surface area contributed by atoms with Crippen molar-refractivity contribution in [3.63, 3.8) is 0 Å². The Balaban J connectivity index is 1.65. The summed E-state index contributed by atoms with van der Waals surface area (Å²) >= 11 is 1.28. The normalized spacial score (nSPS) is 11.5. The van der Waals surface area contributed by atoms with Crippen molar-refractivity contribution in [3.8, 4) is 0 Å². The number of aromatic nitrogens is 2. The predicted molar refractivity (Wildman–Crippen MR) is 130 cm³/mol. The zero-order valence-electron chi connectivity index (χ0n) is 18.6. The minimum atomic E-state index is -0.203. The number of benzene rings is 2. The molecule has 1 amide bonds. The average molecular weight is 450 g/mol. The highest BCUT2D eigenvalue weighted by Crippen LogP contribution is 2.27. The van der Waals surface area contributed by atoms with Crippen molar-refractivity contribution in [2.24, 2.45) is 5.92 Å². The molecule has 2 heterocycles. The molecule has 7 heteroatoms. The summed E-state index contributed by atoms with van der Waals surface area (Å²) < 4.78 is 7.47. The van der Waals surface area contributed by atoms with Gasteiger partial charge in [0.15, 0.2) is 5.16 Å². The van der Waals surface area contributed by atoms with Crippen molar-refractivity contribution in [2.75, 3.05) is 11.1 Å². The van der Waals surface area contributed by atoms with Crippen LogP contribution in [0.2, 0.25) is 0 Å². The van der Waals surface area contributed by atoms with Gasteiger partial charge in [-0.15, -0.1) is 0 Å². The summed E-state index contributed by atoms with van der Waals surface area (Å²) in [4.78, 5) is 30.7. The third-order valence-corrected chi connectivity index (χ3v) is 6.36. The lowest BCUT2D eigenvalue weighted by Crippen LogP contribution is -2.24. The molecule has 4 rings (SSSR count). The van der Waals surface area contributed by atoms with E-state index in [-0.39, 0.29) is 22.8 Å². The number of aryl methyl sites for hydroxylation is 1. The number of anilines is 1. The van der Waals surface area contributed by atoms with Gasteiger partial charge in [-0.2, -0.15) is 0 Å². The molecule has 4 aromatic rings. The maximum absolute atomic E-state index is 13.3. The minimum absolute atomic E-state index is 0.127. The Hall–Kier alpha value is -3.06. The number of rotatable bonds is 8. The van der Waals surface area contributed by atoms with Crippen molar-refractivity contribution in [2.45, 2.75) is 45.3 Å². The smallest absolute Gasteiger partial charge is 0.297 e. The summed E-state index contributed by atoms with van der Waals surface area (Å²) in [5.74, 6) is 0.464. The molecule has 2 aromatic carbocycles. The fraction of sp³-hybridized carbons (Fsp3) is 0.320. The molecule has 0 atom stereocenters. The largest absolute Gasteiger partial charge is 0.448 e. The number of thioether (sulfide) groups is 1. The second kappa shape index (κ2) is 9.61. The van der Waals surface area contributed by atoms with Crippen molar-refractivity contribution in [1.29, 1.82) is 0 Å². The molecule has 0 saturated carbocycles. The summed E-state index contributed by atoms with van der Waals surface area (Å²) in [6.45, 7) is 6.81. The number of carbonyl (C=O) groups excluding carboxylic acids is 1. The van der Waals surface area contributed by atoms with Crippen LogP contribution in [0.15, 0.2) is 62.9 Å². The fourth-order valence-electron chi connectivity index (χ4n) is 3.61. The molecule has 0 aliphatic rings. The molecule has 0 aliphatic heterocycles. The molecular formula is C25H27N3O3S. The molecule has 0 aliphatic carbocycles. The Labute approximate surface area is 191 Å². The lowest BCUT2D eigenvalue weighted by molar-refractivity contribution is -0.113. The van der Waals surface area contributed by atoms with E-state index in [9.17, 15) is 9.59 Å². The number of nitrogens with one attached hydrogen (secondary N) is 1. The monoisotopic (exact) mass is 449 g/mol. The van der Waals surface area contributed by atoms with Crippen molar-refractivity contribution in [1.82, 2.24) is 9.55 Å². The molecular weight excluding hydrogens is 422 g/mol. The molecule has 6 nitrogen and oxygen atoms in total. The average Bonchev–Trinajstić information content (AvgIpc) is 3.16. The van der Waals surface area contributed by atoms with Gasteiger partial charge in [0.1, 0.15) is 11.1 Å². The van der Waals surface area contributed by atoms with E-state index in [1.54, 1.807) is 4.57 Å². The zero-order valence-corrected chi connectivity index (χ0v) is 19.4. The Morgan fingerprint density at radius 2 is 1.91 bits per heavy atom. The van der Waals surface area contributed by atoms with Gasteiger partial charge in [-0.25, -0.2) is 4.98 Å². The molecule has 32 heavy (non-hydrogen) atoms. The topological polar surface area (TPSA) is 77.1 Å². The van der Waals surface area contributed by atoms with Crippen LogP contribution < -0.4 is 10.9 Å². The summed E-state index contributed by atoms with van der Waals surface area (Å²) in [5, 5.41) is 4.32. The van der Waals surface area contributed by atoms with Crippen LogP contribution in [0.5, 0.6) is 0 Å². The van der Waals surface area contributed by atoms with E-state index in [0.29, 0.717) is 28.7 Å². The standard InChI is InChI=1S/C25H27N3O3S/c1-4-17-9-5-7-11-19(17)26-21(29)15-32-25-27-22-18-10-6-8-12-20(18)31-23(22)24(30)28(25)14-13-16(2)3/h5-12,16H,4,13-15H2,1-3H3,(H,26,29). The summed E-state index contributed by atoms with van der Waals surface area (Å²) in [7, 11) is 0.